The van der Waals surface area contributed by atoms with Crippen LogP contribution in [0.15, 0.2) is 29.2 Å². The van der Waals surface area contributed by atoms with Crippen LogP contribution in [-0.2, 0) is 0 Å². The number of benzene rings is 1. The van der Waals surface area contributed by atoms with Gasteiger partial charge in [0.25, 0.3) is 0 Å². The average molecular weight is 244 g/mol. The Morgan fingerprint density at radius 3 is 2.83 bits per heavy atom. The van der Waals surface area contributed by atoms with Gasteiger partial charge >= 0.3 is 5.69 Å². The molecule has 2 heterocycles. The number of rotatable bonds is 1. The van der Waals surface area contributed by atoms with Gasteiger partial charge in [-0.3, -0.25) is 0 Å². The molecule has 5 heteroatoms. The van der Waals surface area contributed by atoms with Crippen LogP contribution in [0.2, 0.25) is 0 Å². The Balaban J connectivity index is 2.11. The van der Waals surface area contributed by atoms with Crippen molar-refractivity contribution in [3.63, 3.8) is 0 Å². The second-order valence-electron chi connectivity index (χ2n) is 4.10. The maximum atomic E-state index is 11.3. The molecule has 0 spiro atoms. The van der Waals surface area contributed by atoms with E-state index in [2.05, 4.69) is 9.97 Å². The molecule has 18 heavy (non-hydrogen) atoms. The molecule has 0 unspecified atom stereocenters. The van der Waals surface area contributed by atoms with E-state index in [9.17, 15) is 4.79 Å². The third kappa shape index (κ3) is 1.84. The van der Waals surface area contributed by atoms with Gasteiger partial charge in [-0.05, 0) is 30.7 Å². The minimum atomic E-state index is -0.356. The van der Waals surface area contributed by atoms with Gasteiger partial charge in [-0.15, -0.1) is 0 Å². The topological polar surface area (TPSA) is 64.2 Å². The van der Waals surface area contributed by atoms with E-state index in [0.717, 1.165) is 22.6 Å². The Labute approximate surface area is 103 Å². The van der Waals surface area contributed by atoms with E-state index < -0.39 is 0 Å². The number of nitrogens with one attached hydrogen (secondary N) is 1. The molecule has 3 rings (SSSR count). The zero-order chi connectivity index (χ0) is 12.5. The monoisotopic (exact) mass is 244 g/mol. The number of nitrogens with zero attached hydrogens (tertiary/aromatic N) is 1. The molecule has 0 atom stereocenters. The van der Waals surface area contributed by atoms with Gasteiger partial charge in [0.15, 0.2) is 11.5 Å². The molecule has 5 nitrogen and oxygen atoms in total. The van der Waals surface area contributed by atoms with E-state index in [1.54, 1.807) is 6.20 Å². The SMILES string of the molecule is Cc1cnc(=O)[nH]c1-c1ccc2c(c1)OCCO2. The number of aromatic nitrogens is 2. The van der Waals surface area contributed by atoms with E-state index in [1.165, 1.54) is 0 Å². The molecule has 1 aromatic carbocycles. The molecule has 1 aliphatic heterocycles. The molecule has 1 aromatic heterocycles. The Bertz CT molecular complexity index is 649. The maximum absolute atomic E-state index is 11.3. The van der Waals surface area contributed by atoms with Gasteiger partial charge in [0.1, 0.15) is 13.2 Å². The van der Waals surface area contributed by atoms with Crippen molar-refractivity contribution in [2.45, 2.75) is 6.92 Å². The normalized spacial score (nSPS) is 13.4. The zero-order valence-corrected chi connectivity index (χ0v) is 9.90. The third-order valence-electron chi connectivity index (χ3n) is 2.83. The highest BCUT2D eigenvalue weighted by Crippen LogP contribution is 2.34. The molecule has 1 N–H and O–H groups in total. The molecule has 0 amide bonds. The van der Waals surface area contributed by atoms with Crippen LogP contribution in [0, 0.1) is 6.92 Å². The lowest BCUT2D eigenvalue weighted by Crippen LogP contribution is -2.15. The van der Waals surface area contributed by atoms with Crippen molar-refractivity contribution in [2.75, 3.05) is 13.2 Å². The summed E-state index contributed by atoms with van der Waals surface area (Å²) < 4.78 is 11.0. The van der Waals surface area contributed by atoms with Crippen LogP contribution in [0.3, 0.4) is 0 Å². The van der Waals surface area contributed by atoms with Crippen molar-refractivity contribution in [3.05, 3.63) is 40.4 Å². The molecule has 0 fully saturated rings. The van der Waals surface area contributed by atoms with Crippen molar-refractivity contribution >= 4 is 0 Å². The summed E-state index contributed by atoms with van der Waals surface area (Å²) >= 11 is 0. The number of aryl methyl sites for hydroxylation is 1. The molecular weight excluding hydrogens is 232 g/mol. The lowest BCUT2D eigenvalue weighted by molar-refractivity contribution is 0.171. The summed E-state index contributed by atoms with van der Waals surface area (Å²) in [6.07, 6.45) is 1.56. The van der Waals surface area contributed by atoms with Crippen molar-refractivity contribution in [1.82, 2.24) is 9.97 Å². The number of H-pyrrole nitrogens is 1. The fraction of sp³-hybridized carbons (Fsp3) is 0.231. The molecule has 0 radical (unpaired) electrons. The van der Waals surface area contributed by atoms with Crippen LogP contribution in [0.4, 0.5) is 0 Å². The van der Waals surface area contributed by atoms with Crippen molar-refractivity contribution < 1.29 is 9.47 Å². The lowest BCUT2D eigenvalue weighted by Gasteiger charge is -2.19. The molecule has 2 aromatic rings. The first-order valence-electron chi connectivity index (χ1n) is 5.70. The standard InChI is InChI=1S/C13H12N2O3/c1-8-7-14-13(16)15-12(8)9-2-3-10-11(6-9)18-5-4-17-10/h2-3,6-7H,4-5H2,1H3,(H,14,15,16). The Morgan fingerprint density at radius 1 is 1.22 bits per heavy atom. The van der Waals surface area contributed by atoms with Crippen LogP contribution in [0.1, 0.15) is 5.56 Å². The van der Waals surface area contributed by atoms with Gasteiger partial charge in [0.2, 0.25) is 0 Å². The second kappa shape index (κ2) is 4.18. The Morgan fingerprint density at radius 2 is 2.00 bits per heavy atom. The van der Waals surface area contributed by atoms with Gasteiger partial charge in [-0.1, -0.05) is 0 Å². The summed E-state index contributed by atoms with van der Waals surface area (Å²) in [4.78, 5) is 17.7. The van der Waals surface area contributed by atoms with E-state index in [-0.39, 0.29) is 5.69 Å². The first kappa shape index (κ1) is 10.8. The van der Waals surface area contributed by atoms with Crippen LogP contribution in [0.25, 0.3) is 11.3 Å². The molecular formula is C13H12N2O3. The molecule has 0 saturated carbocycles. The minimum absolute atomic E-state index is 0.356. The molecule has 1 aliphatic rings. The summed E-state index contributed by atoms with van der Waals surface area (Å²) in [5, 5.41) is 0. The first-order valence-corrected chi connectivity index (χ1v) is 5.70. The maximum Gasteiger partial charge on any atom is 0.345 e. The van der Waals surface area contributed by atoms with Crippen molar-refractivity contribution in [3.8, 4) is 22.8 Å². The van der Waals surface area contributed by atoms with E-state index in [4.69, 9.17) is 9.47 Å². The van der Waals surface area contributed by atoms with Crippen molar-refractivity contribution in [1.29, 1.82) is 0 Å². The highest BCUT2D eigenvalue weighted by atomic mass is 16.6. The third-order valence-corrected chi connectivity index (χ3v) is 2.83. The number of fused-ring (bicyclic) bond motifs is 1. The van der Waals surface area contributed by atoms with Crippen LogP contribution in [0.5, 0.6) is 11.5 Å². The molecule has 92 valence electrons. The summed E-state index contributed by atoms with van der Waals surface area (Å²) in [5.41, 5.74) is 2.19. The summed E-state index contributed by atoms with van der Waals surface area (Å²) in [6, 6.07) is 5.61. The van der Waals surface area contributed by atoms with Crippen LogP contribution in [-0.4, -0.2) is 23.2 Å². The van der Waals surface area contributed by atoms with Gasteiger partial charge in [-0.25, -0.2) is 9.78 Å². The first-order chi connectivity index (χ1) is 8.74. The van der Waals surface area contributed by atoms with Gasteiger partial charge in [-0.2, -0.15) is 0 Å². The summed E-state index contributed by atoms with van der Waals surface area (Å²) in [6.45, 7) is 3.01. The van der Waals surface area contributed by atoms with Crippen LogP contribution >= 0.6 is 0 Å². The quantitative estimate of drug-likeness (QED) is 0.826. The zero-order valence-electron chi connectivity index (χ0n) is 9.90. The number of hydrogen-bond acceptors (Lipinski definition) is 4. The molecule has 0 saturated heterocycles. The number of ether oxygens (including phenoxy) is 2. The summed E-state index contributed by atoms with van der Waals surface area (Å²) in [7, 11) is 0. The molecule has 0 bridgehead atoms. The minimum Gasteiger partial charge on any atom is -0.486 e. The number of aromatic amines is 1. The largest absolute Gasteiger partial charge is 0.486 e. The summed E-state index contributed by atoms with van der Waals surface area (Å²) in [5.74, 6) is 1.44. The predicted octanol–water partition coefficient (Wildman–Crippen LogP) is 1.52. The van der Waals surface area contributed by atoms with Crippen LogP contribution < -0.4 is 15.2 Å². The second-order valence-corrected chi connectivity index (χ2v) is 4.10. The fourth-order valence-corrected chi connectivity index (χ4v) is 1.96. The van der Waals surface area contributed by atoms with E-state index >= 15 is 0 Å². The average Bonchev–Trinajstić information content (AvgIpc) is 2.41. The van der Waals surface area contributed by atoms with Gasteiger partial charge < -0.3 is 14.5 Å². The van der Waals surface area contributed by atoms with Gasteiger partial charge in [0, 0.05) is 11.8 Å². The Kier molecular flexibility index (Phi) is 2.51. The smallest absolute Gasteiger partial charge is 0.345 e. The highest BCUT2D eigenvalue weighted by molar-refractivity contribution is 5.66. The lowest BCUT2D eigenvalue weighted by atomic mass is 10.1. The molecule has 0 aliphatic carbocycles. The van der Waals surface area contributed by atoms with E-state index in [0.29, 0.717) is 19.0 Å². The predicted molar refractivity (Wildman–Crippen MR) is 66.0 cm³/mol. The fourth-order valence-electron chi connectivity index (χ4n) is 1.96. The highest BCUT2D eigenvalue weighted by Gasteiger charge is 2.13. The van der Waals surface area contributed by atoms with Crippen molar-refractivity contribution in [2.24, 2.45) is 0 Å². The van der Waals surface area contributed by atoms with Gasteiger partial charge in [0.05, 0.1) is 5.69 Å². The number of hydrogen-bond donors (Lipinski definition) is 1. The van der Waals surface area contributed by atoms with E-state index in [1.807, 2.05) is 25.1 Å². The Hall–Kier alpha value is -2.30.